The summed E-state index contributed by atoms with van der Waals surface area (Å²) < 4.78 is 7.07. The van der Waals surface area contributed by atoms with E-state index < -0.39 is 0 Å². The van der Waals surface area contributed by atoms with Gasteiger partial charge in [0.05, 0.1) is 15.2 Å². The molecular formula is C20H19ClN2O2S. The Kier molecular flexibility index (Phi) is 4.83. The first-order valence-corrected chi connectivity index (χ1v) is 9.86. The number of aromatic nitrogens is 1. The largest absolute Gasteiger partial charge is 0.490 e. The fraction of sp³-hybridized carbons (Fsp3) is 0.300. The zero-order valence-corrected chi connectivity index (χ0v) is 16.0. The average molecular weight is 387 g/mol. The van der Waals surface area contributed by atoms with Gasteiger partial charge in [-0.2, -0.15) is 0 Å². The van der Waals surface area contributed by atoms with E-state index in [1.54, 1.807) is 11.3 Å². The second-order valence-corrected chi connectivity index (χ2v) is 8.15. The van der Waals surface area contributed by atoms with Crippen LogP contribution in [0.5, 0.6) is 5.75 Å². The molecule has 0 atom stereocenters. The molecule has 1 aromatic heterocycles. The van der Waals surface area contributed by atoms with Crippen LogP contribution in [0, 0.1) is 6.92 Å². The fourth-order valence-electron chi connectivity index (χ4n) is 3.24. The molecule has 134 valence electrons. The molecule has 2 heterocycles. The molecule has 6 heteroatoms. The van der Waals surface area contributed by atoms with Crippen molar-refractivity contribution in [3.05, 3.63) is 58.1 Å². The number of thiazole rings is 1. The van der Waals surface area contributed by atoms with E-state index in [4.69, 9.17) is 16.3 Å². The number of carbonyl (C=O) groups is 1. The highest BCUT2D eigenvalue weighted by molar-refractivity contribution is 7.18. The van der Waals surface area contributed by atoms with Crippen molar-refractivity contribution in [1.82, 2.24) is 9.88 Å². The molecule has 1 saturated heterocycles. The van der Waals surface area contributed by atoms with Gasteiger partial charge in [-0.15, -0.1) is 11.3 Å². The molecule has 4 rings (SSSR count). The summed E-state index contributed by atoms with van der Waals surface area (Å²) in [5.74, 6) is 0.910. The molecular weight excluding hydrogens is 368 g/mol. The topological polar surface area (TPSA) is 42.4 Å². The molecule has 1 amide bonds. The van der Waals surface area contributed by atoms with Crippen LogP contribution < -0.4 is 4.74 Å². The van der Waals surface area contributed by atoms with Gasteiger partial charge in [0.2, 0.25) is 0 Å². The first-order valence-electron chi connectivity index (χ1n) is 8.67. The van der Waals surface area contributed by atoms with Crippen LogP contribution in [0.3, 0.4) is 0 Å². The Morgan fingerprint density at radius 2 is 1.92 bits per heavy atom. The van der Waals surface area contributed by atoms with Crippen molar-refractivity contribution in [3.63, 3.8) is 0 Å². The quantitative estimate of drug-likeness (QED) is 0.640. The number of halogens is 1. The van der Waals surface area contributed by atoms with E-state index in [0.29, 0.717) is 18.1 Å². The predicted octanol–water partition coefficient (Wildman–Crippen LogP) is 4.94. The van der Waals surface area contributed by atoms with Crippen LogP contribution in [-0.2, 0) is 0 Å². The second kappa shape index (κ2) is 7.25. The number of hydrogen-bond donors (Lipinski definition) is 0. The summed E-state index contributed by atoms with van der Waals surface area (Å²) in [5.41, 5.74) is 1.69. The first kappa shape index (κ1) is 17.3. The molecule has 26 heavy (non-hydrogen) atoms. The minimum Gasteiger partial charge on any atom is -0.490 e. The second-order valence-electron chi connectivity index (χ2n) is 6.48. The summed E-state index contributed by atoms with van der Waals surface area (Å²) in [4.78, 5) is 19.2. The van der Waals surface area contributed by atoms with Gasteiger partial charge >= 0.3 is 0 Å². The Morgan fingerprint density at radius 1 is 1.19 bits per heavy atom. The Morgan fingerprint density at radius 3 is 2.65 bits per heavy atom. The van der Waals surface area contributed by atoms with Crippen LogP contribution in [-0.4, -0.2) is 35.0 Å². The summed E-state index contributed by atoms with van der Waals surface area (Å²) in [7, 11) is 0. The van der Waals surface area contributed by atoms with Crippen molar-refractivity contribution in [2.24, 2.45) is 0 Å². The van der Waals surface area contributed by atoms with E-state index in [-0.39, 0.29) is 12.0 Å². The first-order chi connectivity index (χ1) is 12.6. The average Bonchev–Trinajstić information content (AvgIpc) is 3.03. The van der Waals surface area contributed by atoms with E-state index in [1.165, 1.54) is 0 Å². The smallest absolute Gasteiger partial charge is 0.253 e. The molecule has 0 aliphatic carbocycles. The summed E-state index contributed by atoms with van der Waals surface area (Å²) in [6.07, 6.45) is 1.79. The lowest BCUT2D eigenvalue weighted by atomic mass is 10.1. The number of piperidine rings is 1. The molecule has 0 spiro atoms. The normalized spacial score (nSPS) is 15.4. The Labute approximate surface area is 161 Å². The Bertz CT molecular complexity index is 931. The van der Waals surface area contributed by atoms with Crippen LogP contribution in [0.15, 0.2) is 42.5 Å². The van der Waals surface area contributed by atoms with Gasteiger partial charge in [0.25, 0.3) is 5.91 Å². The zero-order valence-electron chi connectivity index (χ0n) is 14.4. The number of amides is 1. The number of carbonyl (C=O) groups excluding carboxylic acids is 1. The van der Waals surface area contributed by atoms with Gasteiger partial charge in [-0.3, -0.25) is 4.79 Å². The van der Waals surface area contributed by atoms with Gasteiger partial charge in [-0.1, -0.05) is 11.6 Å². The maximum atomic E-state index is 12.8. The van der Waals surface area contributed by atoms with Crippen molar-refractivity contribution in [3.8, 4) is 5.75 Å². The molecule has 0 saturated carbocycles. The molecule has 1 aliphatic heterocycles. The van der Waals surface area contributed by atoms with E-state index >= 15 is 0 Å². The Hall–Kier alpha value is -2.11. The third-order valence-electron chi connectivity index (χ3n) is 4.59. The van der Waals surface area contributed by atoms with E-state index in [2.05, 4.69) is 4.98 Å². The monoisotopic (exact) mass is 386 g/mol. The number of fused-ring (bicyclic) bond motifs is 1. The van der Waals surface area contributed by atoms with Crippen LogP contribution >= 0.6 is 22.9 Å². The molecule has 0 radical (unpaired) electrons. The predicted molar refractivity (Wildman–Crippen MR) is 105 cm³/mol. The van der Waals surface area contributed by atoms with Crippen LogP contribution in [0.2, 0.25) is 5.02 Å². The molecule has 0 unspecified atom stereocenters. The van der Waals surface area contributed by atoms with Gasteiger partial charge in [0.15, 0.2) is 0 Å². The minimum absolute atomic E-state index is 0.0860. The van der Waals surface area contributed by atoms with Crippen LogP contribution in [0.25, 0.3) is 10.2 Å². The molecule has 2 aromatic carbocycles. The summed E-state index contributed by atoms with van der Waals surface area (Å²) in [5, 5.41) is 1.72. The standard InChI is InChI=1S/C20H19ClN2O2S/c1-13-22-18-7-2-14(12-19(18)26-13)20(24)23-10-8-17(9-11-23)25-16-5-3-15(21)4-6-16/h2-7,12,17H,8-11H2,1H3. The number of rotatable bonds is 3. The van der Waals surface area contributed by atoms with Crippen molar-refractivity contribution in [2.45, 2.75) is 25.9 Å². The maximum Gasteiger partial charge on any atom is 0.253 e. The molecule has 0 N–H and O–H groups in total. The van der Waals surface area contributed by atoms with Crippen molar-refractivity contribution in [1.29, 1.82) is 0 Å². The number of nitrogens with zero attached hydrogens (tertiary/aromatic N) is 2. The number of likely N-dealkylation sites (tertiary alicyclic amines) is 1. The van der Waals surface area contributed by atoms with Gasteiger partial charge < -0.3 is 9.64 Å². The summed E-state index contributed by atoms with van der Waals surface area (Å²) in [6.45, 7) is 3.39. The van der Waals surface area contributed by atoms with Gasteiger partial charge in [-0.05, 0) is 49.4 Å². The lowest BCUT2D eigenvalue weighted by molar-refractivity contribution is 0.0596. The number of ether oxygens (including phenoxy) is 1. The summed E-state index contributed by atoms with van der Waals surface area (Å²) >= 11 is 7.52. The highest BCUT2D eigenvalue weighted by atomic mass is 35.5. The SMILES string of the molecule is Cc1nc2ccc(C(=O)N3CCC(Oc4ccc(Cl)cc4)CC3)cc2s1. The Balaban J connectivity index is 1.38. The summed E-state index contributed by atoms with van der Waals surface area (Å²) in [6, 6.07) is 13.2. The van der Waals surface area contributed by atoms with Crippen molar-refractivity contribution in [2.75, 3.05) is 13.1 Å². The molecule has 1 fully saturated rings. The van der Waals surface area contributed by atoms with Crippen molar-refractivity contribution >= 4 is 39.1 Å². The molecule has 4 nitrogen and oxygen atoms in total. The van der Waals surface area contributed by atoms with E-state index in [1.807, 2.05) is 54.3 Å². The highest BCUT2D eigenvalue weighted by Gasteiger charge is 2.25. The lowest BCUT2D eigenvalue weighted by Gasteiger charge is -2.32. The van der Waals surface area contributed by atoms with Crippen LogP contribution in [0.1, 0.15) is 28.2 Å². The minimum atomic E-state index is 0.0860. The number of hydrogen-bond acceptors (Lipinski definition) is 4. The molecule has 0 bridgehead atoms. The zero-order chi connectivity index (χ0) is 18.1. The van der Waals surface area contributed by atoms with E-state index in [0.717, 1.165) is 39.4 Å². The van der Waals surface area contributed by atoms with Gasteiger partial charge in [-0.25, -0.2) is 4.98 Å². The van der Waals surface area contributed by atoms with E-state index in [9.17, 15) is 4.79 Å². The maximum absolute atomic E-state index is 12.8. The number of aryl methyl sites for hydroxylation is 1. The third-order valence-corrected chi connectivity index (χ3v) is 5.77. The van der Waals surface area contributed by atoms with Crippen molar-refractivity contribution < 1.29 is 9.53 Å². The van der Waals surface area contributed by atoms with Crippen LogP contribution in [0.4, 0.5) is 0 Å². The molecule has 1 aliphatic rings. The van der Waals surface area contributed by atoms with Gasteiger partial charge in [0.1, 0.15) is 11.9 Å². The fourth-order valence-corrected chi connectivity index (χ4v) is 4.23. The highest BCUT2D eigenvalue weighted by Crippen LogP contribution is 2.25. The number of benzene rings is 2. The third kappa shape index (κ3) is 3.69. The molecule has 3 aromatic rings. The lowest BCUT2D eigenvalue weighted by Crippen LogP contribution is -2.41. The van der Waals surface area contributed by atoms with Gasteiger partial charge in [0, 0.05) is 36.5 Å².